The van der Waals surface area contributed by atoms with Crippen LogP contribution < -0.4 is 4.74 Å². The Morgan fingerprint density at radius 3 is 2.81 bits per heavy atom. The molecule has 0 spiro atoms. The first-order chi connectivity index (χ1) is 12.7. The zero-order valence-corrected chi connectivity index (χ0v) is 16.0. The fourth-order valence-corrected chi connectivity index (χ4v) is 4.79. The number of likely N-dealkylation sites (tertiary alicyclic amines) is 1. The molecule has 0 bridgehead atoms. The van der Waals surface area contributed by atoms with Crippen molar-refractivity contribution in [1.82, 2.24) is 4.90 Å². The summed E-state index contributed by atoms with van der Waals surface area (Å²) in [6.07, 6.45) is 2.10. The molecule has 4 rings (SSSR count). The van der Waals surface area contributed by atoms with E-state index in [1.165, 1.54) is 22.5 Å². The fraction of sp³-hybridized carbons (Fsp3) is 0.381. The first-order valence-electron chi connectivity index (χ1n) is 9.10. The molecule has 1 fully saturated rings. The maximum Gasteiger partial charge on any atom is 0.348 e. The minimum atomic E-state index is -0.244. The normalized spacial score (nSPS) is 17.2. The summed E-state index contributed by atoms with van der Waals surface area (Å²) in [5, 5.41) is 0. The molecule has 2 aliphatic heterocycles. The molecule has 0 aliphatic carbocycles. The predicted molar refractivity (Wildman–Crippen MR) is 104 cm³/mol. The van der Waals surface area contributed by atoms with Gasteiger partial charge in [0.1, 0.15) is 17.2 Å². The van der Waals surface area contributed by atoms with Crippen LogP contribution in [0.3, 0.4) is 0 Å². The highest BCUT2D eigenvalue weighted by Crippen LogP contribution is 2.44. The first kappa shape index (κ1) is 17.3. The molecule has 0 atom stereocenters. The van der Waals surface area contributed by atoms with Crippen LogP contribution in [0.1, 0.15) is 45.4 Å². The van der Waals surface area contributed by atoms with Gasteiger partial charge >= 0.3 is 5.97 Å². The van der Waals surface area contributed by atoms with Crippen molar-refractivity contribution in [1.29, 1.82) is 0 Å². The van der Waals surface area contributed by atoms with E-state index in [4.69, 9.17) is 9.47 Å². The lowest BCUT2D eigenvalue weighted by Crippen LogP contribution is -2.26. The van der Waals surface area contributed by atoms with Crippen molar-refractivity contribution in [2.45, 2.75) is 26.4 Å². The van der Waals surface area contributed by atoms with Gasteiger partial charge in [0.15, 0.2) is 0 Å². The fourth-order valence-electron chi connectivity index (χ4n) is 3.62. The van der Waals surface area contributed by atoms with E-state index < -0.39 is 0 Å². The van der Waals surface area contributed by atoms with Gasteiger partial charge in [-0.25, -0.2) is 4.79 Å². The summed E-state index contributed by atoms with van der Waals surface area (Å²) in [5.41, 5.74) is 4.94. The highest BCUT2D eigenvalue weighted by molar-refractivity contribution is 7.15. The van der Waals surface area contributed by atoms with E-state index in [9.17, 15) is 4.79 Å². The van der Waals surface area contributed by atoms with Gasteiger partial charge in [-0.3, -0.25) is 0 Å². The van der Waals surface area contributed by atoms with Gasteiger partial charge in [0.05, 0.1) is 6.61 Å². The van der Waals surface area contributed by atoms with Crippen LogP contribution in [0.5, 0.6) is 5.75 Å². The number of rotatable bonds is 2. The zero-order valence-electron chi connectivity index (χ0n) is 15.2. The highest BCUT2D eigenvalue weighted by atomic mass is 32.1. The molecule has 136 valence electrons. The summed E-state index contributed by atoms with van der Waals surface area (Å²) in [6, 6.07) is 10.2. The number of para-hydroxylation sites is 1. The van der Waals surface area contributed by atoms with Crippen LogP contribution in [0, 0.1) is 0 Å². The molecule has 0 amide bonds. The van der Waals surface area contributed by atoms with Crippen molar-refractivity contribution < 1.29 is 14.3 Å². The molecule has 0 N–H and O–H groups in total. The average Bonchev–Trinajstić information content (AvgIpc) is 3.00. The summed E-state index contributed by atoms with van der Waals surface area (Å²) in [4.78, 5) is 16.4. The van der Waals surface area contributed by atoms with Gasteiger partial charge in [0, 0.05) is 34.7 Å². The van der Waals surface area contributed by atoms with Crippen molar-refractivity contribution in [3.05, 3.63) is 56.8 Å². The van der Waals surface area contributed by atoms with Gasteiger partial charge in [-0.05, 0) is 38.9 Å². The second-order valence-corrected chi connectivity index (χ2v) is 7.80. The van der Waals surface area contributed by atoms with Crippen LogP contribution >= 0.6 is 11.3 Å². The topological polar surface area (TPSA) is 38.8 Å². The second kappa shape index (κ2) is 7.25. The van der Waals surface area contributed by atoms with E-state index in [2.05, 4.69) is 24.1 Å². The Hall–Kier alpha value is -2.11. The number of carbonyl (C=O) groups is 1. The molecule has 2 aliphatic rings. The second-order valence-electron chi connectivity index (χ2n) is 6.75. The molecule has 2 aromatic rings. The Morgan fingerprint density at radius 2 is 2.04 bits per heavy atom. The van der Waals surface area contributed by atoms with E-state index >= 15 is 0 Å². The molecule has 0 radical (unpaired) electrons. The van der Waals surface area contributed by atoms with Crippen LogP contribution in [0.2, 0.25) is 0 Å². The van der Waals surface area contributed by atoms with Gasteiger partial charge in [-0.2, -0.15) is 0 Å². The summed E-state index contributed by atoms with van der Waals surface area (Å²) < 4.78 is 11.3. The first-order valence-corrected chi connectivity index (χ1v) is 9.92. The Bertz CT molecular complexity index is 858. The van der Waals surface area contributed by atoms with Crippen LogP contribution in [-0.2, 0) is 11.3 Å². The van der Waals surface area contributed by atoms with Crippen molar-refractivity contribution in [2.75, 3.05) is 26.7 Å². The molecule has 1 aromatic carbocycles. The molecule has 1 saturated heterocycles. The molecular formula is C21H23NO3S. The quantitative estimate of drug-likeness (QED) is 0.738. The molecular weight excluding hydrogens is 346 g/mol. The third-order valence-corrected chi connectivity index (χ3v) is 6.17. The highest BCUT2D eigenvalue weighted by Gasteiger charge is 2.27. The maximum absolute atomic E-state index is 12.2. The third-order valence-electron chi connectivity index (χ3n) is 5.00. The average molecular weight is 369 g/mol. The Kier molecular flexibility index (Phi) is 4.83. The van der Waals surface area contributed by atoms with E-state index in [1.807, 2.05) is 25.1 Å². The minimum Gasteiger partial charge on any atom is -0.488 e. The molecule has 26 heavy (non-hydrogen) atoms. The Balaban J connectivity index is 1.86. The van der Waals surface area contributed by atoms with Gasteiger partial charge in [-0.1, -0.05) is 23.8 Å². The lowest BCUT2D eigenvalue weighted by atomic mass is 9.91. The molecule has 0 saturated carbocycles. The summed E-state index contributed by atoms with van der Waals surface area (Å²) in [7, 11) is 2.17. The number of fused-ring (bicyclic) bond motifs is 2. The zero-order chi connectivity index (χ0) is 18.1. The number of piperidine rings is 1. The molecule has 5 heteroatoms. The van der Waals surface area contributed by atoms with Gasteiger partial charge in [-0.15, -0.1) is 11.3 Å². The van der Waals surface area contributed by atoms with Crippen LogP contribution in [-0.4, -0.2) is 37.6 Å². The number of hydrogen-bond acceptors (Lipinski definition) is 5. The lowest BCUT2D eigenvalue weighted by molar-refractivity contribution is 0.0532. The van der Waals surface area contributed by atoms with Gasteiger partial charge in [0.2, 0.25) is 0 Å². The number of nitrogens with zero attached hydrogens (tertiary/aromatic N) is 1. The Morgan fingerprint density at radius 1 is 1.27 bits per heavy atom. The van der Waals surface area contributed by atoms with E-state index in [-0.39, 0.29) is 5.97 Å². The number of hydrogen-bond donors (Lipinski definition) is 0. The van der Waals surface area contributed by atoms with Crippen molar-refractivity contribution in [3.8, 4) is 5.75 Å². The van der Waals surface area contributed by atoms with Gasteiger partial charge in [0.25, 0.3) is 0 Å². The number of ether oxygens (including phenoxy) is 2. The number of esters is 1. The number of carbonyl (C=O) groups excluding carboxylic acids is 1. The summed E-state index contributed by atoms with van der Waals surface area (Å²) in [6.45, 7) is 4.84. The van der Waals surface area contributed by atoms with Crippen LogP contribution in [0.15, 0.2) is 35.9 Å². The number of benzene rings is 1. The van der Waals surface area contributed by atoms with Gasteiger partial charge < -0.3 is 14.4 Å². The minimum absolute atomic E-state index is 0.244. The molecule has 1 aromatic heterocycles. The molecule has 3 heterocycles. The summed E-state index contributed by atoms with van der Waals surface area (Å²) >= 11 is 1.54. The maximum atomic E-state index is 12.2. The molecule has 0 unspecified atom stereocenters. The molecule has 4 nitrogen and oxygen atoms in total. The van der Waals surface area contributed by atoms with Crippen molar-refractivity contribution in [2.24, 2.45) is 0 Å². The number of thiophene rings is 1. The van der Waals surface area contributed by atoms with Crippen molar-refractivity contribution >= 4 is 22.9 Å². The van der Waals surface area contributed by atoms with E-state index in [0.29, 0.717) is 18.1 Å². The smallest absolute Gasteiger partial charge is 0.348 e. The van der Waals surface area contributed by atoms with Crippen LogP contribution in [0.25, 0.3) is 5.57 Å². The largest absolute Gasteiger partial charge is 0.488 e. The summed E-state index contributed by atoms with van der Waals surface area (Å²) in [5.74, 6) is 0.682. The third kappa shape index (κ3) is 3.17. The van der Waals surface area contributed by atoms with E-state index in [1.54, 1.807) is 0 Å². The standard InChI is InChI=1S/C21H23NO3S/c1-3-24-21(23)18-12-15-13-25-17-7-5-4-6-16(17)19(20(15)26-18)14-8-10-22(2)11-9-14/h4-7,12H,3,8-11,13H2,1-2H3. The van der Waals surface area contributed by atoms with E-state index in [0.717, 1.165) is 47.7 Å². The predicted octanol–water partition coefficient (Wildman–Crippen LogP) is 4.34. The Labute approximate surface area is 158 Å². The lowest BCUT2D eigenvalue weighted by Gasteiger charge is -2.26. The van der Waals surface area contributed by atoms with Crippen molar-refractivity contribution in [3.63, 3.8) is 0 Å². The monoisotopic (exact) mass is 369 g/mol. The SMILES string of the molecule is CCOC(=O)c1cc2c(s1)C(=C1CCN(C)CC1)c1ccccc1OC2. The van der Waals surface area contributed by atoms with Crippen LogP contribution in [0.4, 0.5) is 0 Å².